The number of hydrogen-bond donors (Lipinski definition) is 2. The Labute approximate surface area is 140 Å². The van der Waals surface area contributed by atoms with Crippen LogP contribution in [0.5, 0.6) is 0 Å². The predicted molar refractivity (Wildman–Crippen MR) is 93.9 cm³/mol. The Kier molecular flexibility index (Phi) is 5.08. The van der Waals surface area contributed by atoms with E-state index in [1.54, 1.807) is 19.5 Å². The van der Waals surface area contributed by atoms with E-state index in [2.05, 4.69) is 20.2 Å². The highest BCUT2D eigenvalue weighted by Gasteiger charge is 2.05. The van der Waals surface area contributed by atoms with Crippen LogP contribution in [0.2, 0.25) is 0 Å². The largest absolute Gasteiger partial charge is 0.383 e. The zero-order chi connectivity index (χ0) is 16.8. The summed E-state index contributed by atoms with van der Waals surface area (Å²) in [6.45, 7) is 1.91. The molecule has 24 heavy (non-hydrogen) atoms. The molecule has 0 radical (unpaired) electrons. The van der Waals surface area contributed by atoms with Crippen LogP contribution in [0.15, 0.2) is 55.0 Å². The Morgan fingerprint density at radius 1 is 1.29 bits per heavy atom. The molecule has 0 aliphatic rings. The number of rotatable bonds is 6. The number of nitrogens with zero attached hydrogens (tertiary/aromatic N) is 2. The van der Waals surface area contributed by atoms with Crippen molar-refractivity contribution >= 4 is 22.6 Å². The Balaban J connectivity index is 1.61. The molecule has 2 N–H and O–H groups in total. The normalized spacial score (nSPS) is 10.7. The van der Waals surface area contributed by atoms with Gasteiger partial charge in [-0.15, -0.1) is 0 Å². The van der Waals surface area contributed by atoms with E-state index in [0.29, 0.717) is 13.2 Å². The summed E-state index contributed by atoms with van der Waals surface area (Å²) < 4.78 is 7.24. The summed E-state index contributed by atoms with van der Waals surface area (Å²) in [5, 5.41) is 6.75. The molecule has 3 aromatic rings. The fraction of sp³-hybridized carbons (Fsp3) is 0.222. The Hall–Kier alpha value is -2.86. The molecule has 0 unspecified atom stereocenters. The van der Waals surface area contributed by atoms with Gasteiger partial charge in [0.15, 0.2) is 0 Å². The highest BCUT2D eigenvalue weighted by Crippen LogP contribution is 2.20. The number of carbonyl (C=O) groups excluding carboxylic acids is 1. The van der Waals surface area contributed by atoms with E-state index in [-0.39, 0.29) is 6.03 Å². The number of anilines is 1. The second-order valence-electron chi connectivity index (χ2n) is 5.44. The van der Waals surface area contributed by atoms with E-state index in [1.807, 2.05) is 42.6 Å². The molecule has 0 atom stereocenters. The Morgan fingerprint density at radius 3 is 3.00 bits per heavy atom. The molecule has 0 aliphatic heterocycles. The summed E-state index contributed by atoms with van der Waals surface area (Å²) in [7, 11) is 1.69. The van der Waals surface area contributed by atoms with Crippen molar-refractivity contribution in [2.75, 3.05) is 19.0 Å². The molecule has 0 saturated carbocycles. The number of methoxy groups -OCH3 is 1. The van der Waals surface area contributed by atoms with Crippen molar-refractivity contribution in [2.24, 2.45) is 0 Å². The van der Waals surface area contributed by atoms with Crippen LogP contribution in [0.25, 0.3) is 10.9 Å². The number of fused-ring (bicyclic) bond motifs is 1. The fourth-order valence-electron chi connectivity index (χ4n) is 2.52. The molecule has 6 nitrogen and oxygen atoms in total. The van der Waals surface area contributed by atoms with Crippen LogP contribution < -0.4 is 10.6 Å². The molecule has 2 aromatic heterocycles. The number of carbonyl (C=O) groups is 1. The second kappa shape index (κ2) is 7.61. The maximum Gasteiger partial charge on any atom is 0.319 e. The summed E-state index contributed by atoms with van der Waals surface area (Å²) in [5.74, 6) is 0. The van der Waals surface area contributed by atoms with Gasteiger partial charge in [0.1, 0.15) is 0 Å². The van der Waals surface area contributed by atoms with Gasteiger partial charge in [-0.05, 0) is 35.9 Å². The highest BCUT2D eigenvalue weighted by molar-refractivity contribution is 5.92. The van der Waals surface area contributed by atoms with E-state index in [4.69, 9.17) is 4.74 Å². The van der Waals surface area contributed by atoms with Gasteiger partial charge < -0.3 is 19.9 Å². The van der Waals surface area contributed by atoms with Crippen molar-refractivity contribution in [1.29, 1.82) is 0 Å². The van der Waals surface area contributed by atoms with Gasteiger partial charge in [0, 0.05) is 55.4 Å². The number of pyridine rings is 1. The molecule has 0 saturated heterocycles. The molecule has 0 bridgehead atoms. The summed E-state index contributed by atoms with van der Waals surface area (Å²) in [6, 6.07) is 11.4. The molecule has 0 aliphatic carbocycles. The average molecular weight is 324 g/mol. The fourth-order valence-corrected chi connectivity index (χ4v) is 2.52. The number of nitrogens with one attached hydrogen (secondary N) is 2. The summed E-state index contributed by atoms with van der Waals surface area (Å²) in [4.78, 5) is 16.0. The minimum atomic E-state index is -0.239. The van der Waals surface area contributed by atoms with Crippen LogP contribution in [-0.2, 0) is 17.8 Å². The lowest BCUT2D eigenvalue weighted by Gasteiger charge is -2.09. The number of urea groups is 1. The van der Waals surface area contributed by atoms with Gasteiger partial charge in [0.2, 0.25) is 0 Å². The predicted octanol–water partition coefficient (Wildman–Crippen LogP) is 3.00. The van der Waals surface area contributed by atoms with Crippen LogP contribution in [0.4, 0.5) is 10.5 Å². The first-order chi connectivity index (χ1) is 11.8. The highest BCUT2D eigenvalue weighted by atomic mass is 16.5. The first kappa shape index (κ1) is 16.0. The van der Waals surface area contributed by atoms with E-state index in [9.17, 15) is 4.79 Å². The summed E-state index contributed by atoms with van der Waals surface area (Å²) in [5.41, 5.74) is 2.84. The average Bonchev–Trinajstić information content (AvgIpc) is 3.01. The lowest BCUT2D eigenvalue weighted by Crippen LogP contribution is -2.28. The lowest BCUT2D eigenvalue weighted by atomic mass is 10.2. The van der Waals surface area contributed by atoms with Crippen molar-refractivity contribution in [2.45, 2.75) is 13.1 Å². The first-order valence-corrected chi connectivity index (χ1v) is 7.78. The third-order valence-corrected chi connectivity index (χ3v) is 3.74. The van der Waals surface area contributed by atoms with Gasteiger partial charge in [0.25, 0.3) is 0 Å². The summed E-state index contributed by atoms with van der Waals surface area (Å²) in [6.07, 6.45) is 5.46. The van der Waals surface area contributed by atoms with Gasteiger partial charge in [-0.1, -0.05) is 6.07 Å². The third-order valence-electron chi connectivity index (χ3n) is 3.74. The van der Waals surface area contributed by atoms with E-state index >= 15 is 0 Å². The monoisotopic (exact) mass is 324 g/mol. The summed E-state index contributed by atoms with van der Waals surface area (Å²) >= 11 is 0. The molecule has 2 amide bonds. The standard InChI is InChI=1S/C18H20N4O2/c1-24-10-9-22-8-6-15-11-16(4-5-17(15)22)21-18(23)20-13-14-3-2-7-19-12-14/h2-8,11-12H,9-10,13H2,1H3,(H2,20,21,23). The molecule has 1 aromatic carbocycles. The van der Waals surface area contributed by atoms with E-state index < -0.39 is 0 Å². The van der Waals surface area contributed by atoms with Crippen LogP contribution in [0, 0.1) is 0 Å². The maximum absolute atomic E-state index is 12.0. The first-order valence-electron chi connectivity index (χ1n) is 7.78. The van der Waals surface area contributed by atoms with Gasteiger partial charge in [-0.3, -0.25) is 4.98 Å². The topological polar surface area (TPSA) is 68.2 Å². The van der Waals surface area contributed by atoms with Crippen LogP contribution >= 0.6 is 0 Å². The Morgan fingerprint density at radius 2 is 2.21 bits per heavy atom. The zero-order valence-corrected chi connectivity index (χ0v) is 13.5. The van der Waals surface area contributed by atoms with E-state index in [1.165, 1.54) is 0 Å². The van der Waals surface area contributed by atoms with Crippen LogP contribution in [-0.4, -0.2) is 29.3 Å². The van der Waals surface area contributed by atoms with Gasteiger partial charge in [0.05, 0.1) is 6.61 Å². The van der Waals surface area contributed by atoms with Gasteiger partial charge in [-0.25, -0.2) is 4.79 Å². The third kappa shape index (κ3) is 3.91. The molecule has 0 spiro atoms. The molecule has 3 rings (SSSR count). The molecule has 6 heteroatoms. The minimum Gasteiger partial charge on any atom is -0.383 e. The number of hydrogen-bond acceptors (Lipinski definition) is 3. The minimum absolute atomic E-state index is 0.239. The van der Waals surface area contributed by atoms with Gasteiger partial charge >= 0.3 is 6.03 Å². The molecular weight excluding hydrogens is 304 g/mol. The quantitative estimate of drug-likeness (QED) is 0.732. The van der Waals surface area contributed by atoms with Crippen LogP contribution in [0.3, 0.4) is 0 Å². The van der Waals surface area contributed by atoms with E-state index in [0.717, 1.165) is 28.7 Å². The van der Waals surface area contributed by atoms with Crippen molar-refractivity contribution in [3.63, 3.8) is 0 Å². The molecular formula is C18H20N4O2. The SMILES string of the molecule is COCCn1ccc2cc(NC(=O)NCc3cccnc3)ccc21. The molecule has 124 valence electrons. The van der Waals surface area contributed by atoms with Crippen LogP contribution in [0.1, 0.15) is 5.56 Å². The molecule has 0 fully saturated rings. The molecule has 2 heterocycles. The number of ether oxygens (including phenoxy) is 1. The second-order valence-corrected chi connectivity index (χ2v) is 5.44. The van der Waals surface area contributed by atoms with Crippen molar-refractivity contribution in [3.05, 3.63) is 60.6 Å². The number of aromatic nitrogens is 2. The lowest BCUT2D eigenvalue weighted by molar-refractivity contribution is 0.188. The number of amides is 2. The van der Waals surface area contributed by atoms with Crippen molar-refractivity contribution in [3.8, 4) is 0 Å². The van der Waals surface area contributed by atoms with Crippen molar-refractivity contribution < 1.29 is 9.53 Å². The maximum atomic E-state index is 12.0. The van der Waals surface area contributed by atoms with Gasteiger partial charge in [-0.2, -0.15) is 0 Å². The zero-order valence-electron chi connectivity index (χ0n) is 13.5. The Bertz CT molecular complexity index is 814. The number of benzene rings is 1. The smallest absolute Gasteiger partial charge is 0.319 e. The van der Waals surface area contributed by atoms with Crippen molar-refractivity contribution in [1.82, 2.24) is 14.9 Å².